The summed E-state index contributed by atoms with van der Waals surface area (Å²) in [6.07, 6.45) is -0.477. The van der Waals surface area contributed by atoms with Gasteiger partial charge in [-0.2, -0.15) is 8.42 Å². The van der Waals surface area contributed by atoms with Gasteiger partial charge in [-0.15, -0.1) is 11.8 Å². The molecule has 14 heteroatoms. The van der Waals surface area contributed by atoms with E-state index in [0.717, 1.165) is 6.07 Å². The number of carboxylic acids is 1. The molecule has 0 aromatic heterocycles. The molecule has 10 nitrogen and oxygen atoms in total. The Labute approximate surface area is 211 Å². The molecule has 3 aliphatic heterocycles. The molecule has 3 heterocycles. The molecule has 198 valence electrons. The van der Waals surface area contributed by atoms with Crippen molar-refractivity contribution in [2.45, 2.75) is 50.3 Å². The van der Waals surface area contributed by atoms with Gasteiger partial charge in [-0.1, -0.05) is 6.92 Å². The maximum absolute atomic E-state index is 13.7. The molecule has 0 spiro atoms. The second-order valence-corrected chi connectivity index (χ2v) is 12.2. The number of thioether (sulfide) groups is 1. The summed E-state index contributed by atoms with van der Waals surface area (Å²) in [6, 6.07) is 2.34. The van der Waals surface area contributed by atoms with Gasteiger partial charge in [0, 0.05) is 47.8 Å². The lowest BCUT2D eigenvalue weighted by molar-refractivity contribution is -0.163. The van der Waals surface area contributed by atoms with Gasteiger partial charge in [0.2, 0.25) is 5.91 Å². The third-order valence-electron chi connectivity index (χ3n) is 6.92. The summed E-state index contributed by atoms with van der Waals surface area (Å²) in [5.41, 5.74) is 0.275. The van der Waals surface area contributed by atoms with Crippen LogP contribution in [0.15, 0.2) is 28.8 Å². The number of likely N-dealkylation sites (tertiary alicyclic amines) is 1. The Morgan fingerprint density at radius 3 is 2.50 bits per heavy atom. The lowest BCUT2D eigenvalue weighted by Crippen LogP contribution is -2.63. The van der Waals surface area contributed by atoms with Crippen molar-refractivity contribution in [3.63, 3.8) is 0 Å². The first-order valence-corrected chi connectivity index (χ1v) is 13.8. The first-order chi connectivity index (χ1) is 16.8. The normalized spacial score (nSPS) is 29.4. The molecule has 1 aromatic carbocycles. The second-order valence-electron chi connectivity index (χ2n) is 9.50. The van der Waals surface area contributed by atoms with Crippen molar-refractivity contribution in [1.29, 1.82) is 0 Å². The Morgan fingerprint density at radius 2 is 1.94 bits per heavy atom. The van der Waals surface area contributed by atoms with Crippen LogP contribution in [0.2, 0.25) is 0 Å². The number of nitrogens with one attached hydrogen (secondary N) is 1. The number of carboxylic acid groups (broad SMARTS) is 1. The number of fused-ring (bicyclic) bond motifs is 1. The molecule has 3 aliphatic rings. The van der Waals surface area contributed by atoms with Gasteiger partial charge in [0.05, 0.1) is 18.1 Å². The summed E-state index contributed by atoms with van der Waals surface area (Å²) < 4.78 is 52.7. The summed E-state index contributed by atoms with van der Waals surface area (Å²) in [6.45, 7) is 3.80. The fraction of sp³-hybridized carbons (Fsp3) is 0.545. The lowest BCUT2D eigenvalue weighted by atomic mass is 9.79. The molecule has 0 aliphatic carbocycles. The lowest BCUT2D eigenvalue weighted by Gasteiger charge is -2.46. The van der Waals surface area contributed by atoms with Crippen LogP contribution >= 0.6 is 11.8 Å². The van der Waals surface area contributed by atoms with Gasteiger partial charge in [0.25, 0.3) is 10.2 Å². The van der Waals surface area contributed by atoms with Crippen molar-refractivity contribution in [2.75, 3.05) is 13.1 Å². The zero-order valence-corrected chi connectivity index (χ0v) is 21.2. The van der Waals surface area contributed by atoms with Crippen LogP contribution in [0.5, 0.6) is 0 Å². The summed E-state index contributed by atoms with van der Waals surface area (Å²) >= 11 is 1.31. The summed E-state index contributed by atoms with van der Waals surface area (Å²) in [5.74, 6) is -4.11. The van der Waals surface area contributed by atoms with Crippen LogP contribution < -0.4 is 9.86 Å². The number of hydrogen-bond acceptors (Lipinski definition) is 7. The molecule has 6 atom stereocenters. The molecule has 4 rings (SSSR count). The average molecular weight is 547 g/mol. The van der Waals surface area contributed by atoms with Crippen LogP contribution in [0.3, 0.4) is 0 Å². The Balaban J connectivity index is 1.56. The Bertz CT molecular complexity index is 1190. The molecule has 2 fully saturated rings. The Morgan fingerprint density at radius 1 is 1.31 bits per heavy atom. The molecule has 1 amide bonds. The number of aliphatic carboxylic acids is 1. The smallest absolute Gasteiger partial charge is 0.353 e. The highest BCUT2D eigenvalue weighted by Gasteiger charge is 2.60. The zero-order valence-electron chi connectivity index (χ0n) is 19.6. The summed E-state index contributed by atoms with van der Waals surface area (Å²) in [7, 11) is -3.98. The van der Waals surface area contributed by atoms with Gasteiger partial charge in [0.15, 0.2) is 0 Å². The van der Waals surface area contributed by atoms with Gasteiger partial charge in [-0.3, -0.25) is 9.69 Å². The molecule has 2 saturated heterocycles. The van der Waals surface area contributed by atoms with E-state index in [1.807, 2.05) is 11.8 Å². The van der Waals surface area contributed by atoms with Crippen LogP contribution in [0.25, 0.3) is 0 Å². The van der Waals surface area contributed by atoms with E-state index in [1.165, 1.54) is 35.7 Å². The topological polar surface area (TPSA) is 153 Å². The third-order valence-corrected chi connectivity index (χ3v) is 8.99. The minimum absolute atomic E-state index is 0.0363. The molecule has 0 radical (unpaired) electrons. The first kappa shape index (κ1) is 26.9. The maximum atomic E-state index is 13.7. The number of aliphatic hydroxyl groups is 1. The van der Waals surface area contributed by atoms with Crippen molar-refractivity contribution >= 4 is 33.8 Å². The van der Waals surface area contributed by atoms with Crippen LogP contribution in [0.1, 0.15) is 25.8 Å². The molecule has 1 aromatic rings. The molecule has 5 N–H and O–H groups in total. The number of carbonyl (C=O) groups excluding carboxylic acids is 1. The minimum atomic E-state index is -3.98. The number of amides is 1. The van der Waals surface area contributed by atoms with Crippen molar-refractivity contribution in [3.05, 3.63) is 46.0 Å². The first-order valence-electron chi connectivity index (χ1n) is 11.4. The molecular weight excluding hydrogens is 518 g/mol. The van der Waals surface area contributed by atoms with E-state index in [2.05, 4.69) is 4.72 Å². The number of carbonyl (C=O) groups is 2. The Hall–Kier alpha value is -2.10. The van der Waals surface area contributed by atoms with Crippen LogP contribution in [0.4, 0.5) is 8.78 Å². The van der Waals surface area contributed by atoms with Gasteiger partial charge in [-0.25, -0.2) is 23.4 Å². The highest BCUT2D eigenvalue weighted by Crippen LogP contribution is 2.52. The predicted molar refractivity (Wildman–Crippen MR) is 127 cm³/mol. The van der Waals surface area contributed by atoms with Crippen molar-refractivity contribution in [2.24, 2.45) is 17.0 Å². The SMILES string of the molecule is C[C@@H](O)[C@H]1C(=O)N2C(C(=O)O)=C(S[C@H]3C[C@@H](CNS(N)(=O)=O)N(Cc4cc(F)cc(F)c4)C3)[C@H](C)[C@H]12. The molecular formula is C22H28F2N4O6S2. The molecule has 0 saturated carbocycles. The second kappa shape index (κ2) is 9.99. The van der Waals surface area contributed by atoms with Crippen molar-refractivity contribution in [1.82, 2.24) is 14.5 Å². The van der Waals surface area contributed by atoms with Gasteiger partial charge < -0.3 is 15.1 Å². The quantitative estimate of drug-likeness (QED) is 0.328. The fourth-order valence-electron chi connectivity index (χ4n) is 5.44. The van der Waals surface area contributed by atoms with Gasteiger partial charge >= 0.3 is 5.97 Å². The number of nitrogens with zero attached hydrogens (tertiary/aromatic N) is 2. The van der Waals surface area contributed by atoms with Crippen molar-refractivity contribution < 1.29 is 37.0 Å². The highest BCUT2D eigenvalue weighted by atomic mass is 32.2. The number of β-lactam (4-membered cyclic amide) rings is 1. The molecule has 36 heavy (non-hydrogen) atoms. The van der Waals surface area contributed by atoms with E-state index in [9.17, 15) is 37.0 Å². The summed E-state index contributed by atoms with van der Waals surface area (Å²) in [5, 5.41) is 24.8. The van der Waals surface area contributed by atoms with E-state index < -0.39 is 51.8 Å². The van der Waals surface area contributed by atoms with Crippen molar-refractivity contribution in [3.8, 4) is 0 Å². The van der Waals surface area contributed by atoms with Gasteiger partial charge in [-0.05, 0) is 31.0 Å². The van der Waals surface area contributed by atoms with Crippen LogP contribution in [-0.2, 0) is 26.3 Å². The maximum Gasteiger partial charge on any atom is 0.353 e. The average Bonchev–Trinajstić information content (AvgIpc) is 3.21. The van der Waals surface area contributed by atoms with E-state index in [4.69, 9.17) is 5.14 Å². The molecule has 0 unspecified atom stereocenters. The number of rotatable bonds is 9. The number of nitrogens with two attached hydrogens (primary N) is 1. The highest BCUT2D eigenvalue weighted by molar-refractivity contribution is 8.03. The zero-order chi connectivity index (χ0) is 26.5. The van der Waals surface area contributed by atoms with Gasteiger partial charge in [0.1, 0.15) is 17.3 Å². The number of halogens is 2. The third kappa shape index (κ3) is 5.29. The minimum Gasteiger partial charge on any atom is -0.477 e. The standard InChI is InChI=1S/C22H28F2N4O6S2/c1-10-18-17(11(2)29)21(30)28(18)19(22(31)32)20(10)35-16-6-15(7-26-36(25,33)34)27(9-16)8-12-3-13(23)5-14(24)4-12/h3-5,10-11,15-18,26,29H,6-9H2,1-2H3,(H,31,32)(H2,25,33,34)/t10-,11-,15+,16+,17-,18-/m1/s1. The number of benzene rings is 1. The predicted octanol–water partition coefficient (Wildman–Crippen LogP) is 0.588. The Kier molecular flexibility index (Phi) is 7.48. The van der Waals surface area contributed by atoms with E-state index in [1.54, 1.807) is 0 Å². The monoisotopic (exact) mass is 546 g/mol. The van der Waals surface area contributed by atoms with E-state index >= 15 is 0 Å². The van der Waals surface area contributed by atoms with E-state index in [-0.39, 0.29) is 36.0 Å². The largest absolute Gasteiger partial charge is 0.477 e. The van der Waals surface area contributed by atoms with Crippen LogP contribution in [-0.4, -0.2) is 76.8 Å². The van der Waals surface area contributed by atoms with Crippen LogP contribution in [0, 0.1) is 23.5 Å². The molecule has 0 bridgehead atoms. The summed E-state index contributed by atoms with van der Waals surface area (Å²) in [4.78, 5) is 28.3. The van der Waals surface area contributed by atoms with E-state index in [0.29, 0.717) is 23.4 Å². The number of hydrogen-bond donors (Lipinski definition) is 4. The fourth-order valence-corrected chi connectivity index (χ4v) is 7.46. The number of aliphatic hydroxyl groups excluding tert-OH is 1.